The zero-order chi connectivity index (χ0) is 16.2. The van der Waals surface area contributed by atoms with Gasteiger partial charge in [0.25, 0.3) is 5.91 Å². The van der Waals surface area contributed by atoms with Gasteiger partial charge in [-0.1, -0.05) is 12.1 Å². The molecule has 2 aromatic rings. The predicted molar refractivity (Wildman–Crippen MR) is 83.8 cm³/mol. The summed E-state index contributed by atoms with van der Waals surface area (Å²) in [4.78, 5) is 40.3. The highest BCUT2D eigenvalue weighted by Gasteiger charge is 2.29. The summed E-state index contributed by atoms with van der Waals surface area (Å²) in [5.74, 6) is -1.18. The third-order valence-electron chi connectivity index (χ3n) is 3.40. The lowest BCUT2D eigenvalue weighted by Gasteiger charge is -2.14. The number of fused-ring (bicyclic) bond motifs is 1. The van der Waals surface area contributed by atoms with Crippen molar-refractivity contribution in [3.05, 3.63) is 54.4 Å². The highest BCUT2D eigenvalue weighted by atomic mass is 16.2. The maximum atomic E-state index is 12.2. The molecule has 3 N–H and O–H groups in total. The molecule has 0 fully saturated rings. The summed E-state index contributed by atoms with van der Waals surface area (Å²) in [5, 5.41) is 7.89. The number of pyridine rings is 1. The number of carbonyl (C=O) groups is 3. The molecule has 7 nitrogen and oxygen atoms in total. The van der Waals surface area contributed by atoms with Gasteiger partial charge in [0.15, 0.2) is 0 Å². The minimum atomic E-state index is -0.934. The lowest BCUT2D eigenvalue weighted by atomic mass is 10.1. The number of para-hydroxylation sites is 1. The molecule has 0 bridgehead atoms. The van der Waals surface area contributed by atoms with Crippen molar-refractivity contribution in [2.75, 3.05) is 10.6 Å². The maximum absolute atomic E-state index is 12.2. The van der Waals surface area contributed by atoms with Gasteiger partial charge in [-0.2, -0.15) is 0 Å². The molecular formula is C16H14N4O3. The zero-order valence-electron chi connectivity index (χ0n) is 12.1. The van der Waals surface area contributed by atoms with Crippen molar-refractivity contribution in [2.45, 2.75) is 12.5 Å². The van der Waals surface area contributed by atoms with Gasteiger partial charge < -0.3 is 16.0 Å². The first-order valence-electron chi connectivity index (χ1n) is 7.04. The fourth-order valence-corrected chi connectivity index (χ4v) is 2.29. The second-order valence-corrected chi connectivity index (χ2v) is 5.05. The summed E-state index contributed by atoms with van der Waals surface area (Å²) in [5.41, 5.74) is 1.39. The fraction of sp³-hybridized carbons (Fsp3) is 0.125. The van der Waals surface area contributed by atoms with Crippen molar-refractivity contribution in [1.82, 2.24) is 10.3 Å². The topological polar surface area (TPSA) is 100 Å². The van der Waals surface area contributed by atoms with Gasteiger partial charge in [0.2, 0.25) is 11.8 Å². The smallest absolute Gasteiger partial charge is 0.254 e. The van der Waals surface area contributed by atoms with E-state index in [9.17, 15) is 14.4 Å². The second-order valence-electron chi connectivity index (χ2n) is 5.05. The molecule has 0 unspecified atom stereocenters. The van der Waals surface area contributed by atoms with Crippen LogP contribution in [0.3, 0.4) is 0 Å². The lowest BCUT2D eigenvalue weighted by Crippen LogP contribution is -2.43. The molecule has 3 amide bonds. The summed E-state index contributed by atoms with van der Waals surface area (Å²) in [6.45, 7) is 0. The van der Waals surface area contributed by atoms with E-state index < -0.39 is 11.9 Å². The molecule has 23 heavy (non-hydrogen) atoms. The quantitative estimate of drug-likeness (QED) is 0.792. The van der Waals surface area contributed by atoms with Gasteiger partial charge in [0.05, 0.1) is 17.7 Å². The number of anilines is 2. The van der Waals surface area contributed by atoms with Crippen molar-refractivity contribution in [3.63, 3.8) is 0 Å². The summed E-state index contributed by atoms with van der Waals surface area (Å²) < 4.78 is 0. The number of rotatable bonds is 3. The van der Waals surface area contributed by atoms with Gasteiger partial charge in [-0.05, 0) is 24.3 Å². The molecule has 7 heteroatoms. The van der Waals surface area contributed by atoms with Crippen LogP contribution in [0.1, 0.15) is 16.8 Å². The maximum Gasteiger partial charge on any atom is 0.254 e. The third kappa shape index (κ3) is 3.34. The van der Waals surface area contributed by atoms with Crippen LogP contribution in [0, 0.1) is 0 Å². The summed E-state index contributed by atoms with van der Waals surface area (Å²) in [7, 11) is 0. The highest BCUT2D eigenvalue weighted by Crippen LogP contribution is 2.19. The first-order valence-corrected chi connectivity index (χ1v) is 7.04. The first-order chi connectivity index (χ1) is 11.1. The average Bonchev–Trinajstić information content (AvgIpc) is 2.66. The van der Waals surface area contributed by atoms with Crippen molar-refractivity contribution < 1.29 is 14.4 Å². The molecule has 0 saturated carbocycles. The molecule has 0 saturated heterocycles. The fourth-order valence-electron chi connectivity index (χ4n) is 2.29. The van der Waals surface area contributed by atoms with Gasteiger partial charge in [0, 0.05) is 18.1 Å². The minimum Gasteiger partial charge on any atom is -0.340 e. The third-order valence-corrected chi connectivity index (χ3v) is 3.40. The van der Waals surface area contributed by atoms with Crippen LogP contribution in [0.2, 0.25) is 0 Å². The molecule has 0 aliphatic carbocycles. The van der Waals surface area contributed by atoms with E-state index in [1.54, 1.807) is 48.8 Å². The molecule has 1 aliphatic rings. The van der Waals surface area contributed by atoms with Crippen LogP contribution in [-0.4, -0.2) is 28.7 Å². The summed E-state index contributed by atoms with van der Waals surface area (Å²) in [6, 6.07) is 9.04. The number of carbonyl (C=O) groups excluding carboxylic acids is 3. The van der Waals surface area contributed by atoms with Gasteiger partial charge in [-0.15, -0.1) is 0 Å². The van der Waals surface area contributed by atoms with E-state index >= 15 is 0 Å². The number of hydrogen-bond donors (Lipinski definition) is 3. The van der Waals surface area contributed by atoms with Crippen LogP contribution in [-0.2, 0) is 9.59 Å². The van der Waals surface area contributed by atoms with E-state index in [1.807, 2.05) is 0 Å². The van der Waals surface area contributed by atoms with Crippen LogP contribution in [0.4, 0.5) is 11.4 Å². The van der Waals surface area contributed by atoms with Crippen LogP contribution < -0.4 is 16.0 Å². The van der Waals surface area contributed by atoms with Crippen molar-refractivity contribution in [1.29, 1.82) is 0 Å². The molecule has 0 spiro atoms. The zero-order valence-corrected chi connectivity index (χ0v) is 12.1. The molecule has 1 atom stereocenters. The Balaban J connectivity index is 1.70. The Labute approximate surface area is 132 Å². The van der Waals surface area contributed by atoms with Crippen molar-refractivity contribution in [3.8, 4) is 0 Å². The second kappa shape index (κ2) is 6.27. The number of aromatic nitrogens is 1. The lowest BCUT2D eigenvalue weighted by molar-refractivity contribution is -0.122. The Kier molecular flexibility index (Phi) is 4.01. The number of nitrogens with zero attached hydrogens (tertiary/aromatic N) is 1. The number of hydrogen-bond acceptors (Lipinski definition) is 4. The van der Waals surface area contributed by atoms with Crippen LogP contribution in [0.15, 0.2) is 48.8 Å². The summed E-state index contributed by atoms with van der Waals surface area (Å²) in [6.07, 6.45) is 2.94. The average molecular weight is 310 g/mol. The molecule has 2 heterocycles. The molecular weight excluding hydrogens is 296 g/mol. The molecule has 1 aromatic carbocycles. The van der Waals surface area contributed by atoms with Gasteiger partial charge in [-0.25, -0.2) is 0 Å². The predicted octanol–water partition coefficient (Wildman–Crippen LogP) is 1.16. The van der Waals surface area contributed by atoms with E-state index in [0.717, 1.165) is 0 Å². The minimum absolute atomic E-state index is 0.159. The molecule has 116 valence electrons. The Morgan fingerprint density at radius 1 is 1.13 bits per heavy atom. The first kappa shape index (κ1) is 14.7. The number of nitrogens with one attached hydrogen (secondary N) is 3. The molecule has 0 radical (unpaired) electrons. The molecule has 1 aromatic heterocycles. The molecule has 1 aliphatic heterocycles. The van der Waals surface area contributed by atoms with Gasteiger partial charge >= 0.3 is 0 Å². The molecule has 3 rings (SSSR count). The SMILES string of the molecule is O=C(C[C@H]1NC(=O)c2ccccc2NC1=O)Nc1ccncc1. The normalized spacial score (nSPS) is 16.6. The Morgan fingerprint density at radius 3 is 2.65 bits per heavy atom. The van der Waals surface area contributed by atoms with E-state index in [0.29, 0.717) is 16.9 Å². The van der Waals surface area contributed by atoms with Crippen LogP contribution >= 0.6 is 0 Å². The van der Waals surface area contributed by atoms with Gasteiger partial charge in [-0.3, -0.25) is 19.4 Å². The van der Waals surface area contributed by atoms with E-state index in [4.69, 9.17) is 0 Å². The Hall–Kier alpha value is -3.22. The van der Waals surface area contributed by atoms with Crippen molar-refractivity contribution in [2.24, 2.45) is 0 Å². The number of benzene rings is 1. The van der Waals surface area contributed by atoms with Crippen LogP contribution in [0.25, 0.3) is 0 Å². The Morgan fingerprint density at radius 2 is 1.87 bits per heavy atom. The number of amides is 3. The van der Waals surface area contributed by atoms with Crippen LogP contribution in [0.5, 0.6) is 0 Å². The summed E-state index contributed by atoms with van der Waals surface area (Å²) >= 11 is 0. The standard InChI is InChI=1S/C16H14N4O3/c21-14(18-10-5-7-17-8-6-10)9-13-16(23)19-12-4-2-1-3-11(12)15(22)20-13/h1-8,13H,9H2,(H,19,23)(H,20,22)(H,17,18,21)/t13-/m1/s1. The van der Waals surface area contributed by atoms with E-state index in [1.165, 1.54) is 0 Å². The largest absolute Gasteiger partial charge is 0.340 e. The highest BCUT2D eigenvalue weighted by molar-refractivity contribution is 6.11. The Bertz CT molecular complexity index is 761. The van der Waals surface area contributed by atoms with Gasteiger partial charge in [0.1, 0.15) is 6.04 Å². The van der Waals surface area contributed by atoms with Crippen molar-refractivity contribution >= 4 is 29.1 Å². The monoisotopic (exact) mass is 310 g/mol. The van der Waals surface area contributed by atoms with E-state index in [2.05, 4.69) is 20.9 Å². The van der Waals surface area contributed by atoms with E-state index in [-0.39, 0.29) is 18.2 Å².